The Kier molecular flexibility index (Phi) is 4.65. The Morgan fingerprint density at radius 1 is 1.04 bits per heavy atom. The smallest absolute Gasteiger partial charge is 0.242 e. The number of nitrogens with zero attached hydrogens (tertiary/aromatic N) is 2. The van der Waals surface area contributed by atoms with E-state index in [0.29, 0.717) is 13.1 Å². The molecule has 3 rings (SSSR count). The van der Waals surface area contributed by atoms with E-state index in [1.165, 1.54) is 11.1 Å². The molecule has 1 saturated heterocycles. The van der Waals surface area contributed by atoms with Gasteiger partial charge in [0, 0.05) is 24.8 Å². The third kappa shape index (κ3) is 3.55. The summed E-state index contributed by atoms with van der Waals surface area (Å²) in [6.07, 6.45) is 0.973. The molecule has 1 aliphatic heterocycles. The number of para-hydroxylation sites is 1. The lowest BCUT2D eigenvalue weighted by Gasteiger charge is -2.42. The first-order valence-electron chi connectivity index (χ1n) is 8.32. The fourth-order valence-electron chi connectivity index (χ4n) is 3.17. The number of carbonyl (C=O) groups is 1. The molecule has 2 aromatic rings. The molecular weight excluding hydrogens is 284 g/mol. The molecule has 1 unspecified atom stereocenters. The second kappa shape index (κ2) is 6.86. The van der Waals surface area contributed by atoms with Gasteiger partial charge in [0.25, 0.3) is 0 Å². The van der Waals surface area contributed by atoms with Crippen LogP contribution in [0.5, 0.6) is 0 Å². The fourth-order valence-corrected chi connectivity index (χ4v) is 3.17. The van der Waals surface area contributed by atoms with Crippen LogP contribution in [0.1, 0.15) is 24.5 Å². The van der Waals surface area contributed by atoms with E-state index in [9.17, 15) is 4.79 Å². The summed E-state index contributed by atoms with van der Waals surface area (Å²) in [6.45, 7) is 6.32. The predicted octanol–water partition coefficient (Wildman–Crippen LogP) is 3.62. The minimum Gasteiger partial charge on any atom is -0.360 e. The highest BCUT2D eigenvalue weighted by Crippen LogP contribution is 2.22. The van der Waals surface area contributed by atoms with E-state index in [1.807, 2.05) is 23.1 Å². The van der Waals surface area contributed by atoms with Crippen LogP contribution in [0.15, 0.2) is 54.6 Å². The van der Waals surface area contributed by atoms with E-state index in [4.69, 9.17) is 0 Å². The lowest BCUT2D eigenvalue weighted by atomic mass is 10.1. The van der Waals surface area contributed by atoms with Crippen molar-refractivity contribution < 1.29 is 4.79 Å². The average Bonchev–Trinajstić information content (AvgIpc) is 2.59. The molecule has 0 aliphatic carbocycles. The van der Waals surface area contributed by atoms with Crippen LogP contribution in [-0.2, 0) is 11.3 Å². The fraction of sp³-hybridized carbons (Fsp3) is 0.350. The number of rotatable bonds is 4. The van der Waals surface area contributed by atoms with Gasteiger partial charge in [0.1, 0.15) is 0 Å². The first-order valence-corrected chi connectivity index (χ1v) is 8.32. The molecule has 1 fully saturated rings. The first kappa shape index (κ1) is 15.6. The summed E-state index contributed by atoms with van der Waals surface area (Å²) < 4.78 is 0. The second-order valence-electron chi connectivity index (χ2n) is 6.29. The van der Waals surface area contributed by atoms with Crippen LogP contribution < -0.4 is 4.90 Å². The monoisotopic (exact) mass is 308 g/mol. The third-order valence-electron chi connectivity index (χ3n) is 4.58. The van der Waals surface area contributed by atoms with Gasteiger partial charge < -0.3 is 9.80 Å². The number of benzene rings is 2. The average molecular weight is 308 g/mol. The van der Waals surface area contributed by atoms with Crippen molar-refractivity contribution in [1.29, 1.82) is 0 Å². The number of hydrogen-bond donors (Lipinski definition) is 0. The molecule has 120 valence electrons. The van der Waals surface area contributed by atoms with E-state index < -0.39 is 0 Å². The van der Waals surface area contributed by atoms with Crippen molar-refractivity contribution in [2.24, 2.45) is 0 Å². The van der Waals surface area contributed by atoms with Gasteiger partial charge in [-0.1, -0.05) is 55.0 Å². The molecule has 1 amide bonds. The molecule has 0 N–H and O–H groups in total. The van der Waals surface area contributed by atoms with Crippen LogP contribution in [0.25, 0.3) is 0 Å². The zero-order chi connectivity index (χ0) is 16.2. The Morgan fingerprint density at radius 2 is 1.74 bits per heavy atom. The van der Waals surface area contributed by atoms with Crippen molar-refractivity contribution in [2.45, 2.75) is 32.9 Å². The number of piperazine rings is 1. The highest BCUT2D eigenvalue weighted by molar-refractivity contribution is 5.83. The van der Waals surface area contributed by atoms with Gasteiger partial charge in [0.05, 0.1) is 6.54 Å². The van der Waals surface area contributed by atoms with Crippen LogP contribution in [0.4, 0.5) is 5.69 Å². The molecule has 0 spiro atoms. The number of anilines is 1. The number of aryl methyl sites for hydroxylation is 1. The molecule has 0 saturated carbocycles. The normalized spacial score (nSPS) is 18.3. The summed E-state index contributed by atoms with van der Waals surface area (Å²) in [5, 5.41) is 0. The van der Waals surface area contributed by atoms with Crippen molar-refractivity contribution in [2.75, 3.05) is 18.0 Å². The van der Waals surface area contributed by atoms with Crippen molar-refractivity contribution in [1.82, 2.24) is 4.90 Å². The molecule has 0 aromatic heterocycles. The molecular formula is C20H24N2O. The van der Waals surface area contributed by atoms with Gasteiger partial charge in [0.2, 0.25) is 5.91 Å². The molecule has 3 nitrogen and oxygen atoms in total. The van der Waals surface area contributed by atoms with Gasteiger partial charge in [-0.3, -0.25) is 4.79 Å². The van der Waals surface area contributed by atoms with Crippen LogP contribution in [0.3, 0.4) is 0 Å². The van der Waals surface area contributed by atoms with Crippen molar-refractivity contribution >= 4 is 11.6 Å². The molecule has 1 aliphatic rings. The molecule has 23 heavy (non-hydrogen) atoms. The van der Waals surface area contributed by atoms with E-state index in [2.05, 4.69) is 55.1 Å². The third-order valence-corrected chi connectivity index (χ3v) is 4.58. The molecule has 2 aromatic carbocycles. The highest BCUT2D eigenvalue weighted by atomic mass is 16.2. The van der Waals surface area contributed by atoms with Gasteiger partial charge in [-0.2, -0.15) is 0 Å². The molecule has 0 bridgehead atoms. The second-order valence-corrected chi connectivity index (χ2v) is 6.29. The SMILES string of the molecule is CCC1CN(c2ccccc2)CC(=O)N1Cc1ccc(C)cc1. The van der Waals surface area contributed by atoms with Gasteiger partial charge >= 0.3 is 0 Å². The Labute approximate surface area is 138 Å². The van der Waals surface area contributed by atoms with Crippen LogP contribution in [0.2, 0.25) is 0 Å². The van der Waals surface area contributed by atoms with Gasteiger partial charge in [0.15, 0.2) is 0 Å². The van der Waals surface area contributed by atoms with Gasteiger partial charge in [-0.25, -0.2) is 0 Å². The molecule has 3 heteroatoms. The van der Waals surface area contributed by atoms with Crippen molar-refractivity contribution in [3.05, 3.63) is 65.7 Å². The molecule has 0 radical (unpaired) electrons. The van der Waals surface area contributed by atoms with E-state index >= 15 is 0 Å². The van der Waals surface area contributed by atoms with E-state index in [1.54, 1.807) is 0 Å². The summed E-state index contributed by atoms with van der Waals surface area (Å²) in [6, 6.07) is 19.0. The van der Waals surface area contributed by atoms with E-state index in [0.717, 1.165) is 18.7 Å². The van der Waals surface area contributed by atoms with E-state index in [-0.39, 0.29) is 11.9 Å². The highest BCUT2D eigenvalue weighted by Gasteiger charge is 2.31. The van der Waals surface area contributed by atoms with Crippen LogP contribution in [-0.4, -0.2) is 29.9 Å². The Bertz CT molecular complexity index is 651. The summed E-state index contributed by atoms with van der Waals surface area (Å²) in [5.74, 6) is 0.215. The summed E-state index contributed by atoms with van der Waals surface area (Å²) in [4.78, 5) is 16.9. The number of amides is 1. The lowest BCUT2D eigenvalue weighted by Crippen LogP contribution is -2.55. The Balaban J connectivity index is 1.75. The van der Waals surface area contributed by atoms with Crippen molar-refractivity contribution in [3.8, 4) is 0 Å². The first-order chi connectivity index (χ1) is 11.2. The topological polar surface area (TPSA) is 23.6 Å². The maximum absolute atomic E-state index is 12.7. The quantitative estimate of drug-likeness (QED) is 0.861. The largest absolute Gasteiger partial charge is 0.360 e. The zero-order valence-electron chi connectivity index (χ0n) is 13.9. The number of hydrogen-bond acceptors (Lipinski definition) is 2. The predicted molar refractivity (Wildman–Crippen MR) is 94.5 cm³/mol. The van der Waals surface area contributed by atoms with Crippen LogP contribution in [0, 0.1) is 6.92 Å². The maximum Gasteiger partial charge on any atom is 0.242 e. The van der Waals surface area contributed by atoms with Crippen molar-refractivity contribution in [3.63, 3.8) is 0 Å². The summed E-state index contributed by atoms with van der Waals surface area (Å²) >= 11 is 0. The minimum atomic E-state index is 0.215. The summed E-state index contributed by atoms with van der Waals surface area (Å²) in [5.41, 5.74) is 3.59. The zero-order valence-corrected chi connectivity index (χ0v) is 13.9. The standard InChI is InChI=1S/C20H24N2O/c1-3-18-14-21(19-7-5-4-6-8-19)15-20(23)22(18)13-17-11-9-16(2)10-12-17/h4-12,18H,3,13-15H2,1-2H3. The number of carbonyl (C=O) groups excluding carboxylic acids is 1. The molecule has 1 heterocycles. The summed E-state index contributed by atoms with van der Waals surface area (Å²) in [7, 11) is 0. The Morgan fingerprint density at radius 3 is 2.39 bits per heavy atom. The maximum atomic E-state index is 12.7. The Hall–Kier alpha value is -2.29. The van der Waals surface area contributed by atoms with Crippen LogP contribution >= 0.6 is 0 Å². The minimum absolute atomic E-state index is 0.215. The van der Waals surface area contributed by atoms with Gasteiger partial charge in [-0.15, -0.1) is 0 Å². The lowest BCUT2D eigenvalue weighted by molar-refractivity contribution is -0.134. The molecule has 1 atom stereocenters. The van der Waals surface area contributed by atoms with Gasteiger partial charge in [-0.05, 0) is 31.0 Å².